The van der Waals surface area contributed by atoms with Gasteiger partial charge in [-0.05, 0) is 43.9 Å². The Bertz CT molecular complexity index is 375. The zero-order chi connectivity index (χ0) is 13.5. The van der Waals surface area contributed by atoms with Crippen LogP contribution in [0.2, 0.25) is 0 Å². The molecule has 1 unspecified atom stereocenters. The van der Waals surface area contributed by atoms with Crippen molar-refractivity contribution in [1.82, 2.24) is 10.2 Å². The SMILES string of the molecule is COc1cccc(CCCC(C)N2CCNCC2)c1. The number of methoxy groups -OCH3 is 1. The van der Waals surface area contributed by atoms with Crippen LogP contribution in [0.3, 0.4) is 0 Å². The van der Waals surface area contributed by atoms with Crippen LogP contribution in [0.5, 0.6) is 5.75 Å². The van der Waals surface area contributed by atoms with E-state index < -0.39 is 0 Å². The predicted octanol–water partition coefficient (Wildman–Crippen LogP) is 2.31. The molecule has 0 saturated carbocycles. The molecule has 1 aliphatic heterocycles. The number of nitrogens with one attached hydrogen (secondary N) is 1. The minimum absolute atomic E-state index is 0.702. The van der Waals surface area contributed by atoms with Gasteiger partial charge in [-0.3, -0.25) is 4.90 Å². The lowest BCUT2D eigenvalue weighted by molar-refractivity contribution is 0.174. The fraction of sp³-hybridized carbons (Fsp3) is 0.625. The van der Waals surface area contributed by atoms with Gasteiger partial charge in [-0.2, -0.15) is 0 Å². The molecule has 1 fully saturated rings. The normalized spacial score (nSPS) is 18.2. The first kappa shape index (κ1) is 14.4. The summed E-state index contributed by atoms with van der Waals surface area (Å²) in [5.41, 5.74) is 1.38. The van der Waals surface area contributed by atoms with Crippen LogP contribution in [-0.4, -0.2) is 44.2 Å². The molecule has 0 aliphatic carbocycles. The molecule has 1 atom stereocenters. The Kier molecular flexibility index (Phi) is 5.67. The van der Waals surface area contributed by atoms with E-state index in [0.717, 1.165) is 25.3 Å². The smallest absolute Gasteiger partial charge is 0.119 e. The lowest BCUT2D eigenvalue weighted by Crippen LogP contribution is -2.47. The van der Waals surface area contributed by atoms with Gasteiger partial charge in [0.25, 0.3) is 0 Å². The Morgan fingerprint density at radius 3 is 2.84 bits per heavy atom. The van der Waals surface area contributed by atoms with Gasteiger partial charge in [-0.1, -0.05) is 12.1 Å². The van der Waals surface area contributed by atoms with Gasteiger partial charge in [0.15, 0.2) is 0 Å². The van der Waals surface area contributed by atoms with E-state index in [1.165, 1.54) is 31.5 Å². The van der Waals surface area contributed by atoms with Gasteiger partial charge in [0.05, 0.1) is 7.11 Å². The van der Waals surface area contributed by atoms with Crippen molar-refractivity contribution in [1.29, 1.82) is 0 Å². The van der Waals surface area contributed by atoms with E-state index >= 15 is 0 Å². The van der Waals surface area contributed by atoms with Crippen LogP contribution in [0.15, 0.2) is 24.3 Å². The van der Waals surface area contributed by atoms with Crippen molar-refractivity contribution in [3.05, 3.63) is 29.8 Å². The first-order valence-corrected chi connectivity index (χ1v) is 7.37. The monoisotopic (exact) mass is 262 g/mol. The molecule has 19 heavy (non-hydrogen) atoms. The zero-order valence-electron chi connectivity index (χ0n) is 12.2. The van der Waals surface area contributed by atoms with E-state index in [-0.39, 0.29) is 0 Å². The number of hydrogen-bond acceptors (Lipinski definition) is 3. The van der Waals surface area contributed by atoms with Crippen LogP contribution >= 0.6 is 0 Å². The van der Waals surface area contributed by atoms with E-state index in [1.807, 2.05) is 6.07 Å². The molecule has 1 aliphatic rings. The topological polar surface area (TPSA) is 24.5 Å². The van der Waals surface area contributed by atoms with E-state index in [9.17, 15) is 0 Å². The van der Waals surface area contributed by atoms with Crippen molar-refractivity contribution in [2.75, 3.05) is 33.3 Å². The lowest BCUT2D eigenvalue weighted by atomic mass is 10.0. The van der Waals surface area contributed by atoms with Gasteiger partial charge in [0, 0.05) is 32.2 Å². The molecule has 0 radical (unpaired) electrons. The highest BCUT2D eigenvalue weighted by Crippen LogP contribution is 2.16. The molecule has 3 heteroatoms. The van der Waals surface area contributed by atoms with Crippen LogP contribution in [0, 0.1) is 0 Å². The van der Waals surface area contributed by atoms with Crippen LogP contribution in [-0.2, 0) is 6.42 Å². The van der Waals surface area contributed by atoms with Crippen molar-refractivity contribution in [3.63, 3.8) is 0 Å². The summed E-state index contributed by atoms with van der Waals surface area (Å²) < 4.78 is 5.26. The summed E-state index contributed by atoms with van der Waals surface area (Å²) in [4.78, 5) is 2.60. The number of rotatable bonds is 6. The summed E-state index contributed by atoms with van der Waals surface area (Å²) in [6.45, 7) is 7.03. The fourth-order valence-corrected chi connectivity index (χ4v) is 2.74. The van der Waals surface area contributed by atoms with E-state index in [1.54, 1.807) is 7.11 Å². The fourth-order valence-electron chi connectivity index (χ4n) is 2.74. The largest absolute Gasteiger partial charge is 0.497 e. The summed E-state index contributed by atoms with van der Waals surface area (Å²) in [7, 11) is 1.73. The summed E-state index contributed by atoms with van der Waals surface area (Å²) in [6, 6.07) is 9.13. The summed E-state index contributed by atoms with van der Waals surface area (Å²) in [6.07, 6.45) is 3.67. The second kappa shape index (κ2) is 7.51. The highest BCUT2D eigenvalue weighted by molar-refractivity contribution is 5.28. The second-order valence-electron chi connectivity index (χ2n) is 5.38. The van der Waals surface area contributed by atoms with Gasteiger partial charge in [-0.15, -0.1) is 0 Å². The average molecular weight is 262 g/mol. The van der Waals surface area contributed by atoms with Crippen molar-refractivity contribution in [3.8, 4) is 5.75 Å². The van der Waals surface area contributed by atoms with Crippen LogP contribution < -0.4 is 10.1 Å². The molecule has 1 aromatic rings. The number of ether oxygens (including phenoxy) is 1. The van der Waals surface area contributed by atoms with Gasteiger partial charge in [-0.25, -0.2) is 0 Å². The minimum Gasteiger partial charge on any atom is -0.497 e. The van der Waals surface area contributed by atoms with Crippen LogP contribution in [0.25, 0.3) is 0 Å². The molecule has 3 nitrogen and oxygen atoms in total. The molecular weight excluding hydrogens is 236 g/mol. The molecule has 2 rings (SSSR count). The second-order valence-corrected chi connectivity index (χ2v) is 5.38. The molecule has 1 N–H and O–H groups in total. The Labute approximate surface area is 116 Å². The summed E-state index contributed by atoms with van der Waals surface area (Å²) in [5, 5.41) is 3.41. The molecule has 0 aromatic heterocycles. The maximum absolute atomic E-state index is 5.26. The van der Waals surface area contributed by atoms with E-state index in [0.29, 0.717) is 6.04 Å². The molecule has 1 aromatic carbocycles. The molecule has 1 saturated heterocycles. The third-order valence-corrected chi connectivity index (χ3v) is 4.00. The van der Waals surface area contributed by atoms with E-state index in [4.69, 9.17) is 4.74 Å². The van der Waals surface area contributed by atoms with Gasteiger partial charge in [0.2, 0.25) is 0 Å². The third-order valence-electron chi connectivity index (χ3n) is 4.00. The molecule has 0 amide bonds. The maximum atomic E-state index is 5.26. The lowest BCUT2D eigenvalue weighted by Gasteiger charge is -2.32. The Morgan fingerprint density at radius 1 is 1.32 bits per heavy atom. The quantitative estimate of drug-likeness (QED) is 0.851. The molecule has 106 valence electrons. The number of nitrogens with zero attached hydrogens (tertiary/aromatic N) is 1. The molecular formula is C16H26N2O. The van der Waals surface area contributed by atoms with E-state index in [2.05, 4.69) is 35.3 Å². The predicted molar refractivity (Wildman–Crippen MR) is 79.8 cm³/mol. The first-order chi connectivity index (χ1) is 9.29. The highest BCUT2D eigenvalue weighted by atomic mass is 16.5. The van der Waals surface area contributed by atoms with Crippen molar-refractivity contribution >= 4 is 0 Å². The number of aryl methyl sites for hydroxylation is 1. The highest BCUT2D eigenvalue weighted by Gasteiger charge is 2.15. The Balaban J connectivity index is 1.72. The van der Waals surface area contributed by atoms with Crippen LogP contribution in [0.1, 0.15) is 25.3 Å². The average Bonchev–Trinajstić information content (AvgIpc) is 2.48. The zero-order valence-corrected chi connectivity index (χ0v) is 12.2. The third kappa shape index (κ3) is 4.51. The number of piperazine rings is 1. The van der Waals surface area contributed by atoms with Gasteiger partial charge >= 0.3 is 0 Å². The minimum atomic E-state index is 0.702. The van der Waals surface area contributed by atoms with Gasteiger partial charge < -0.3 is 10.1 Å². The summed E-state index contributed by atoms with van der Waals surface area (Å²) in [5.74, 6) is 0.965. The number of hydrogen-bond donors (Lipinski definition) is 1. The summed E-state index contributed by atoms with van der Waals surface area (Å²) >= 11 is 0. The molecule has 1 heterocycles. The molecule has 0 spiro atoms. The maximum Gasteiger partial charge on any atom is 0.119 e. The Morgan fingerprint density at radius 2 is 2.11 bits per heavy atom. The Hall–Kier alpha value is -1.06. The molecule has 0 bridgehead atoms. The standard InChI is InChI=1S/C16H26N2O/c1-14(18-11-9-17-10-12-18)5-3-6-15-7-4-8-16(13-15)19-2/h4,7-8,13-14,17H,3,5-6,9-12H2,1-2H3. The van der Waals surface area contributed by atoms with Crippen molar-refractivity contribution in [2.45, 2.75) is 32.2 Å². The number of benzene rings is 1. The van der Waals surface area contributed by atoms with Crippen molar-refractivity contribution in [2.24, 2.45) is 0 Å². The van der Waals surface area contributed by atoms with Crippen molar-refractivity contribution < 1.29 is 4.74 Å². The van der Waals surface area contributed by atoms with Crippen LogP contribution in [0.4, 0.5) is 0 Å². The van der Waals surface area contributed by atoms with Gasteiger partial charge in [0.1, 0.15) is 5.75 Å². The first-order valence-electron chi connectivity index (χ1n) is 7.37.